The van der Waals surface area contributed by atoms with Crippen molar-refractivity contribution >= 4 is 51.5 Å². The van der Waals surface area contributed by atoms with E-state index in [-0.39, 0.29) is 33.2 Å². The number of likely N-dealkylation sites (tertiary alicyclic amines) is 1. The fraction of sp³-hybridized carbons (Fsp3) is 0.320. The van der Waals surface area contributed by atoms with E-state index in [4.69, 9.17) is 32.7 Å². The third kappa shape index (κ3) is 4.36. The number of nitrogens with zero attached hydrogens (tertiary/aromatic N) is 3. The Balaban J connectivity index is 1.47. The molecule has 5 rings (SSSR count). The van der Waals surface area contributed by atoms with E-state index in [1.54, 1.807) is 19.2 Å². The molecule has 0 bridgehead atoms. The minimum atomic E-state index is -0.674. The van der Waals surface area contributed by atoms with Gasteiger partial charge in [-0.3, -0.25) is 4.79 Å². The fourth-order valence-corrected chi connectivity index (χ4v) is 4.91. The van der Waals surface area contributed by atoms with E-state index in [0.29, 0.717) is 47.7 Å². The number of hydrogen-bond donors (Lipinski definition) is 1. The van der Waals surface area contributed by atoms with Crippen molar-refractivity contribution in [2.45, 2.75) is 25.4 Å². The summed E-state index contributed by atoms with van der Waals surface area (Å²) in [4.78, 5) is 22.6. The smallest absolute Gasteiger partial charge is 0.245 e. The molecule has 1 spiro atoms. The Hall–Kier alpha value is -3.10. The first kappa shape index (κ1) is 23.6. The largest absolute Gasteiger partial charge is 0.493 e. The van der Waals surface area contributed by atoms with Gasteiger partial charge in [0.15, 0.2) is 17.3 Å². The Morgan fingerprint density at radius 1 is 1.29 bits per heavy atom. The van der Waals surface area contributed by atoms with Crippen LogP contribution in [0.3, 0.4) is 0 Å². The summed E-state index contributed by atoms with van der Waals surface area (Å²) in [5.74, 6) is 0.718. The summed E-state index contributed by atoms with van der Waals surface area (Å²) in [6.45, 7) is 4.84. The van der Waals surface area contributed by atoms with Gasteiger partial charge in [-0.1, -0.05) is 29.8 Å². The number of piperidine rings is 1. The fourth-order valence-electron chi connectivity index (χ4n) is 4.60. The summed E-state index contributed by atoms with van der Waals surface area (Å²) in [5, 5.41) is 3.56. The first-order chi connectivity index (χ1) is 16.8. The summed E-state index contributed by atoms with van der Waals surface area (Å²) < 4.78 is 26.8. The molecule has 3 aromatic rings. The normalized spacial score (nSPS) is 18.4. The predicted octanol–water partition coefficient (Wildman–Crippen LogP) is 5.77. The second kappa shape index (κ2) is 9.17. The third-order valence-electron chi connectivity index (χ3n) is 6.71. The Kier molecular flexibility index (Phi) is 6.19. The number of rotatable bonds is 6. The molecule has 35 heavy (non-hydrogen) atoms. The number of methoxy groups -OCH3 is 1. The molecule has 10 heteroatoms. The zero-order chi connectivity index (χ0) is 24.7. The van der Waals surface area contributed by atoms with Crippen LogP contribution in [0.2, 0.25) is 10.0 Å². The van der Waals surface area contributed by atoms with E-state index >= 15 is 0 Å². The lowest BCUT2D eigenvalue weighted by Crippen LogP contribution is -2.48. The SMILES string of the molecule is C=CC(=O)N1CC[C@H](Oc2cc3c(Nc4ccc(Cl)c(Cl)c4F)ncnc3cc2OC)C2(CC2)C1. The van der Waals surface area contributed by atoms with E-state index in [9.17, 15) is 9.18 Å². The van der Waals surface area contributed by atoms with Crippen molar-refractivity contribution in [2.24, 2.45) is 5.41 Å². The van der Waals surface area contributed by atoms with Gasteiger partial charge in [-0.2, -0.15) is 0 Å². The van der Waals surface area contributed by atoms with Crippen molar-refractivity contribution < 1.29 is 18.7 Å². The van der Waals surface area contributed by atoms with Crippen LogP contribution >= 0.6 is 23.2 Å². The summed E-state index contributed by atoms with van der Waals surface area (Å²) in [5.41, 5.74) is 0.655. The number of anilines is 2. The number of amides is 1. The highest BCUT2D eigenvalue weighted by Crippen LogP contribution is 2.54. The summed E-state index contributed by atoms with van der Waals surface area (Å²) in [6.07, 6.45) is 5.34. The van der Waals surface area contributed by atoms with Crippen molar-refractivity contribution in [3.63, 3.8) is 0 Å². The van der Waals surface area contributed by atoms with Gasteiger partial charge in [0.25, 0.3) is 0 Å². The van der Waals surface area contributed by atoms with Gasteiger partial charge in [0.2, 0.25) is 5.91 Å². The lowest BCUT2D eigenvalue weighted by atomic mass is 9.91. The number of fused-ring (bicyclic) bond motifs is 1. The average molecular weight is 517 g/mol. The molecule has 2 aliphatic rings. The number of benzene rings is 2. The summed E-state index contributed by atoms with van der Waals surface area (Å²) in [7, 11) is 1.57. The van der Waals surface area contributed by atoms with E-state index in [1.165, 1.54) is 24.5 Å². The number of nitrogens with one attached hydrogen (secondary N) is 1. The molecule has 2 aromatic carbocycles. The number of ether oxygens (including phenoxy) is 2. The van der Waals surface area contributed by atoms with Gasteiger partial charge >= 0.3 is 0 Å². The third-order valence-corrected chi connectivity index (χ3v) is 7.49. The van der Waals surface area contributed by atoms with Crippen LogP contribution in [0, 0.1) is 11.2 Å². The van der Waals surface area contributed by atoms with Crippen LogP contribution in [-0.4, -0.2) is 47.1 Å². The molecule has 1 amide bonds. The van der Waals surface area contributed by atoms with Crippen LogP contribution in [0.1, 0.15) is 19.3 Å². The van der Waals surface area contributed by atoms with E-state index in [2.05, 4.69) is 21.9 Å². The van der Waals surface area contributed by atoms with Crippen LogP contribution in [0.25, 0.3) is 10.9 Å². The Labute approximate surface area is 211 Å². The van der Waals surface area contributed by atoms with Gasteiger partial charge in [0.05, 0.1) is 28.4 Å². The van der Waals surface area contributed by atoms with Crippen LogP contribution in [0.15, 0.2) is 43.2 Å². The number of aromatic nitrogens is 2. The van der Waals surface area contributed by atoms with Crippen LogP contribution in [0.4, 0.5) is 15.9 Å². The first-order valence-corrected chi connectivity index (χ1v) is 11.9. The van der Waals surface area contributed by atoms with Gasteiger partial charge in [-0.15, -0.1) is 0 Å². The molecule has 1 aliphatic heterocycles. The zero-order valence-corrected chi connectivity index (χ0v) is 20.5. The predicted molar refractivity (Wildman–Crippen MR) is 133 cm³/mol. The van der Waals surface area contributed by atoms with E-state index in [0.717, 1.165) is 12.8 Å². The van der Waals surface area contributed by atoms with Crippen LogP contribution in [0.5, 0.6) is 11.5 Å². The van der Waals surface area contributed by atoms with Gasteiger partial charge in [0, 0.05) is 36.4 Å². The van der Waals surface area contributed by atoms with Gasteiger partial charge in [-0.25, -0.2) is 14.4 Å². The van der Waals surface area contributed by atoms with Gasteiger partial charge in [-0.05, 0) is 37.1 Å². The van der Waals surface area contributed by atoms with Crippen molar-refractivity contribution in [1.82, 2.24) is 14.9 Å². The molecule has 182 valence electrons. The molecule has 1 aromatic heterocycles. The van der Waals surface area contributed by atoms with Crippen molar-refractivity contribution in [3.8, 4) is 11.5 Å². The molecule has 0 radical (unpaired) electrons. The Morgan fingerprint density at radius 3 is 2.80 bits per heavy atom. The molecule has 1 atom stereocenters. The minimum Gasteiger partial charge on any atom is -0.493 e. The zero-order valence-electron chi connectivity index (χ0n) is 19.0. The topological polar surface area (TPSA) is 76.6 Å². The second-order valence-electron chi connectivity index (χ2n) is 8.81. The van der Waals surface area contributed by atoms with Crippen molar-refractivity contribution in [3.05, 3.63) is 59.1 Å². The maximum atomic E-state index is 14.7. The van der Waals surface area contributed by atoms with Gasteiger partial charge < -0.3 is 19.7 Å². The van der Waals surface area contributed by atoms with Crippen molar-refractivity contribution in [1.29, 1.82) is 0 Å². The lowest BCUT2D eigenvalue weighted by molar-refractivity contribution is -0.130. The molecular weight excluding hydrogens is 494 g/mol. The maximum absolute atomic E-state index is 14.7. The van der Waals surface area contributed by atoms with E-state index < -0.39 is 5.82 Å². The van der Waals surface area contributed by atoms with Crippen LogP contribution < -0.4 is 14.8 Å². The molecule has 1 N–H and O–H groups in total. The van der Waals surface area contributed by atoms with Gasteiger partial charge in [0.1, 0.15) is 18.2 Å². The monoisotopic (exact) mass is 516 g/mol. The highest BCUT2D eigenvalue weighted by molar-refractivity contribution is 6.42. The maximum Gasteiger partial charge on any atom is 0.245 e. The standard InChI is InChI=1S/C25H23Cl2FN4O3/c1-3-21(33)32-9-6-20(25(12-32)7-8-25)35-19-10-14-17(11-18(19)34-2)29-13-30-24(14)31-16-5-4-15(26)22(27)23(16)28/h3-5,10-11,13,20H,1,6-9,12H2,2H3,(H,29,30,31)/t20-/m0/s1. The van der Waals surface area contributed by atoms with E-state index in [1.807, 2.05) is 4.90 Å². The lowest BCUT2D eigenvalue weighted by Gasteiger charge is -2.38. The average Bonchev–Trinajstić information content (AvgIpc) is 3.64. The molecular formula is C25H23Cl2FN4O3. The number of carbonyl (C=O) groups is 1. The molecule has 2 heterocycles. The highest BCUT2D eigenvalue weighted by Gasteiger charge is 2.54. The van der Waals surface area contributed by atoms with Crippen molar-refractivity contribution in [2.75, 3.05) is 25.5 Å². The minimum absolute atomic E-state index is 0.0552. The molecule has 1 aliphatic carbocycles. The molecule has 1 saturated carbocycles. The number of hydrogen-bond acceptors (Lipinski definition) is 6. The summed E-state index contributed by atoms with van der Waals surface area (Å²) in [6, 6.07) is 6.56. The summed E-state index contributed by atoms with van der Waals surface area (Å²) >= 11 is 11.9. The Bertz CT molecular complexity index is 1330. The molecule has 2 fully saturated rings. The molecule has 1 saturated heterocycles. The highest BCUT2D eigenvalue weighted by atomic mass is 35.5. The first-order valence-electron chi connectivity index (χ1n) is 11.2. The number of halogens is 3. The Morgan fingerprint density at radius 2 is 2.09 bits per heavy atom. The molecule has 0 unspecified atom stereocenters. The quantitative estimate of drug-likeness (QED) is 0.330. The number of carbonyl (C=O) groups excluding carboxylic acids is 1. The second-order valence-corrected chi connectivity index (χ2v) is 9.60. The molecule has 7 nitrogen and oxygen atoms in total. The van der Waals surface area contributed by atoms with Crippen LogP contribution in [-0.2, 0) is 4.79 Å².